The molecular formula is C12H15ClF2N2O. The molecule has 18 heavy (non-hydrogen) atoms. The van der Waals surface area contributed by atoms with E-state index in [1.165, 1.54) is 6.07 Å². The fourth-order valence-corrected chi connectivity index (χ4v) is 1.96. The highest BCUT2D eigenvalue weighted by atomic mass is 35.5. The van der Waals surface area contributed by atoms with Crippen LogP contribution in [0.4, 0.5) is 8.78 Å². The number of nitrogens with one attached hydrogen (secondary N) is 1. The van der Waals surface area contributed by atoms with E-state index >= 15 is 0 Å². The predicted octanol–water partition coefficient (Wildman–Crippen LogP) is 1.82. The Morgan fingerprint density at radius 3 is 2.78 bits per heavy atom. The first-order valence-corrected chi connectivity index (χ1v) is 5.56. The van der Waals surface area contributed by atoms with Crippen LogP contribution in [0.3, 0.4) is 0 Å². The van der Waals surface area contributed by atoms with Crippen LogP contribution in [-0.2, 0) is 0 Å². The second-order valence-corrected chi connectivity index (χ2v) is 4.18. The Balaban J connectivity index is 0.00000162. The lowest BCUT2D eigenvalue weighted by Gasteiger charge is -2.34. The van der Waals surface area contributed by atoms with E-state index in [-0.39, 0.29) is 29.9 Å². The number of piperazine rings is 1. The summed E-state index contributed by atoms with van der Waals surface area (Å²) in [5.41, 5.74) is -0.0693. The maximum absolute atomic E-state index is 13.5. The van der Waals surface area contributed by atoms with Gasteiger partial charge in [-0.25, -0.2) is 8.78 Å². The molecule has 1 aliphatic rings. The van der Waals surface area contributed by atoms with Crippen molar-refractivity contribution < 1.29 is 13.6 Å². The number of benzene rings is 1. The number of hydrogen-bond donors (Lipinski definition) is 1. The first-order valence-electron chi connectivity index (χ1n) is 5.56. The normalized spacial score (nSPS) is 19.3. The fourth-order valence-electron chi connectivity index (χ4n) is 1.96. The number of carbonyl (C=O) groups excluding carboxylic acids is 1. The molecule has 1 unspecified atom stereocenters. The topological polar surface area (TPSA) is 32.3 Å². The van der Waals surface area contributed by atoms with Crippen molar-refractivity contribution in [1.29, 1.82) is 0 Å². The Labute approximate surface area is 111 Å². The summed E-state index contributed by atoms with van der Waals surface area (Å²) in [6.07, 6.45) is 0. The number of halogens is 3. The Bertz CT molecular complexity index is 442. The van der Waals surface area contributed by atoms with Crippen LogP contribution >= 0.6 is 12.4 Å². The lowest BCUT2D eigenvalue weighted by Crippen LogP contribution is -2.52. The molecule has 0 spiro atoms. The summed E-state index contributed by atoms with van der Waals surface area (Å²) < 4.78 is 26.2. The van der Waals surface area contributed by atoms with Gasteiger partial charge >= 0.3 is 0 Å². The van der Waals surface area contributed by atoms with Crippen molar-refractivity contribution >= 4 is 18.3 Å². The van der Waals surface area contributed by atoms with E-state index in [2.05, 4.69) is 5.32 Å². The van der Waals surface area contributed by atoms with Gasteiger partial charge in [-0.1, -0.05) is 0 Å². The van der Waals surface area contributed by atoms with E-state index in [1.54, 1.807) is 4.90 Å². The molecule has 1 amide bonds. The molecule has 1 heterocycles. The van der Waals surface area contributed by atoms with Crippen LogP contribution in [0.5, 0.6) is 0 Å². The molecule has 1 fully saturated rings. The number of carbonyl (C=O) groups is 1. The summed E-state index contributed by atoms with van der Waals surface area (Å²) >= 11 is 0. The van der Waals surface area contributed by atoms with Gasteiger partial charge in [0, 0.05) is 31.7 Å². The molecule has 1 saturated heterocycles. The average molecular weight is 277 g/mol. The molecule has 0 aromatic heterocycles. The molecule has 3 nitrogen and oxygen atoms in total. The lowest BCUT2D eigenvalue weighted by molar-refractivity contribution is 0.0651. The zero-order valence-corrected chi connectivity index (χ0v) is 10.8. The highest BCUT2D eigenvalue weighted by Gasteiger charge is 2.25. The minimum absolute atomic E-state index is 0. The highest BCUT2D eigenvalue weighted by Crippen LogP contribution is 2.14. The zero-order valence-electron chi connectivity index (χ0n) is 9.95. The van der Waals surface area contributed by atoms with Gasteiger partial charge in [0.1, 0.15) is 11.6 Å². The molecule has 1 atom stereocenters. The third-order valence-corrected chi connectivity index (χ3v) is 2.92. The Morgan fingerprint density at radius 1 is 1.44 bits per heavy atom. The second-order valence-electron chi connectivity index (χ2n) is 4.18. The molecule has 2 rings (SSSR count). The molecule has 1 aromatic carbocycles. The van der Waals surface area contributed by atoms with Gasteiger partial charge in [0.15, 0.2) is 0 Å². The van der Waals surface area contributed by atoms with Crippen LogP contribution in [-0.4, -0.2) is 36.5 Å². The van der Waals surface area contributed by atoms with E-state index < -0.39 is 11.6 Å². The third kappa shape index (κ3) is 2.97. The van der Waals surface area contributed by atoms with Gasteiger partial charge in [-0.05, 0) is 19.1 Å². The van der Waals surface area contributed by atoms with Crippen LogP contribution < -0.4 is 5.32 Å². The number of amides is 1. The van der Waals surface area contributed by atoms with Crippen LogP contribution in [0.25, 0.3) is 0 Å². The molecule has 0 saturated carbocycles. The highest BCUT2D eigenvalue weighted by molar-refractivity contribution is 5.94. The van der Waals surface area contributed by atoms with Gasteiger partial charge in [0.2, 0.25) is 0 Å². The molecule has 1 aromatic rings. The van der Waals surface area contributed by atoms with E-state index in [0.29, 0.717) is 19.6 Å². The Hall–Kier alpha value is -1.20. The molecular weight excluding hydrogens is 262 g/mol. The molecule has 100 valence electrons. The Morgan fingerprint density at radius 2 is 2.17 bits per heavy atom. The minimum Gasteiger partial charge on any atom is -0.333 e. The third-order valence-electron chi connectivity index (χ3n) is 2.92. The van der Waals surface area contributed by atoms with Crippen molar-refractivity contribution in [2.24, 2.45) is 0 Å². The SMILES string of the molecule is CC1CNCCN1C(=O)c1ccc(F)cc1F.Cl. The molecule has 1 N–H and O–H groups in total. The monoisotopic (exact) mass is 276 g/mol. The number of nitrogens with zero attached hydrogens (tertiary/aromatic N) is 1. The smallest absolute Gasteiger partial charge is 0.257 e. The molecule has 0 radical (unpaired) electrons. The molecule has 6 heteroatoms. The van der Waals surface area contributed by atoms with Crippen LogP contribution in [0.15, 0.2) is 18.2 Å². The van der Waals surface area contributed by atoms with Gasteiger partial charge in [-0.15, -0.1) is 12.4 Å². The zero-order chi connectivity index (χ0) is 12.4. The summed E-state index contributed by atoms with van der Waals surface area (Å²) in [5.74, 6) is -1.86. The van der Waals surface area contributed by atoms with Crippen molar-refractivity contribution in [2.45, 2.75) is 13.0 Å². The standard InChI is InChI=1S/C12H14F2N2O.ClH/c1-8-7-15-4-5-16(8)12(17)10-3-2-9(13)6-11(10)14;/h2-3,6,8,15H,4-5,7H2,1H3;1H. The van der Waals surface area contributed by atoms with Crippen molar-refractivity contribution in [3.8, 4) is 0 Å². The first-order chi connectivity index (χ1) is 8.09. The van der Waals surface area contributed by atoms with E-state index in [0.717, 1.165) is 12.1 Å². The summed E-state index contributed by atoms with van der Waals surface area (Å²) in [7, 11) is 0. The number of rotatable bonds is 1. The van der Waals surface area contributed by atoms with Crippen LogP contribution in [0, 0.1) is 11.6 Å². The van der Waals surface area contributed by atoms with Gasteiger partial charge in [0.05, 0.1) is 5.56 Å². The van der Waals surface area contributed by atoms with E-state index in [9.17, 15) is 13.6 Å². The molecule has 1 aliphatic heterocycles. The van der Waals surface area contributed by atoms with Crippen molar-refractivity contribution in [2.75, 3.05) is 19.6 Å². The molecule has 0 bridgehead atoms. The van der Waals surface area contributed by atoms with Gasteiger partial charge < -0.3 is 10.2 Å². The van der Waals surface area contributed by atoms with E-state index in [1.807, 2.05) is 6.92 Å². The average Bonchev–Trinajstić information content (AvgIpc) is 2.29. The van der Waals surface area contributed by atoms with Crippen molar-refractivity contribution in [3.63, 3.8) is 0 Å². The lowest BCUT2D eigenvalue weighted by atomic mass is 10.1. The van der Waals surface area contributed by atoms with Crippen molar-refractivity contribution in [1.82, 2.24) is 10.2 Å². The summed E-state index contributed by atoms with van der Waals surface area (Å²) in [4.78, 5) is 13.7. The van der Waals surface area contributed by atoms with Gasteiger partial charge in [-0.2, -0.15) is 0 Å². The van der Waals surface area contributed by atoms with E-state index in [4.69, 9.17) is 0 Å². The quantitative estimate of drug-likeness (QED) is 0.849. The summed E-state index contributed by atoms with van der Waals surface area (Å²) in [6.45, 7) is 3.82. The summed E-state index contributed by atoms with van der Waals surface area (Å²) in [6, 6.07) is 3.05. The first kappa shape index (κ1) is 14.9. The van der Waals surface area contributed by atoms with Crippen molar-refractivity contribution in [3.05, 3.63) is 35.4 Å². The molecule has 0 aliphatic carbocycles. The largest absolute Gasteiger partial charge is 0.333 e. The van der Waals surface area contributed by atoms with Crippen LogP contribution in [0.2, 0.25) is 0 Å². The fraction of sp³-hybridized carbons (Fsp3) is 0.417. The summed E-state index contributed by atoms with van der Waals surface area (Å²) in [5, 5.41) is 3.15. The Kier molecular flexibility index (Phi) is 5.04. The maximum atomic E-state index is 13.5. The number of hydrogen-bond acceptors (Lipinski definition) is 2. The predicted molar refractivity (Wildman–Crippen MR) is 67.0 cm³/mol. The second kappa shape index (κ2) is 6.11. The van der Waals surface area contributed by atoms with Crippen LogP contribution in [0.1, 0.15) is 17.3 Å². The van der Waals surface area contributed by atoms with Gasteiger partial charge in [-0.3, -0.25) is 4.79 Å². The maximum Gasteiger partial charge on any atom is 0.257 e. The minimum atomic E-state index is -0.805. The van der Waals surface area contributed by atoms with Gasteiger partial charge in [0.25, 0.3) is 5.91 Å².